The smallest absolute Gasteiger partial charge is 0.306 e. The molecule has 1 aromatic carbocycles. The number of anilines is 1. The van der Waals surface area contributed by atoms with Gasteiger partial charge >= 0.3 is 5.97 Å². The molecule has 0 radical (unpaired) electrons. The summed E-state index contributed by atoms with van der Waals surface area (Å²) in [6.45, 7) is 9.28. The number of fused-ring (bicyclic) bond motifs is 1. The van der Waals surface area contributed by atoms with E-state index in [4.69, 9.17) is 4.74 Å². The monoisotopic (exact) mass is 588 g/mol. The van der Waals surface area contributed by atoms with Crippen molar-refractivity contribution in [2.24, 2.45) is 5.92 Å². The standard InChI is InChI=1S/C32H36N4O5S/c1-6-28(37)22-11-13-33-27(18-22)26-19-34-31-25(12-14-36(31)42(39,40)24-9-7-20(2)8-10-24)30(26)35-23-15-21(16-23)17-29(38)41-32(3,4)5/h7-14,18-19,21,23H,6,15-17H2,1-5H3,(H,34,35). The van der Waals surface area contributed by atoms with Gasteiger partial charge in [0.1, 0.15) is 5.60 Å². The highest BCUT2D eigenvalue weighted by Gasteiger charge is 2.33. The Hall–Kier alpha value is -4.05. The van der Waals surface area contributed by atoms with E-state index in [1.54, 1.807) is 54.9 Å². The molecular weight excluding hydrogens is 552 g/mol. The molecule has 10 heteroatoms. The average Bonchev–Trinajstić information content (AvgIpc) is 3.36. The summed E-state index contributed by atoms with van der Waals surface area (Å²) in [6, 6.07) is 11.9. The van der Waals surface area contributed by atoms with E-state index in [0.29, 0.717) is 40.7 Å². The van der Waals surface area contributed by atoms with Gasteiger partial charge in [-0.3, -0.25) is 14.6 Å². The minimum absolute atomic E-state index is 0.00141. The molecular formula is C32H36N4O5S. The largest absolute Gasteiger partial charge is 0.460 e. The van der Waals surface area contributed by atoms with Crippen molar-refractivity contribution in [1.82, 2.24) is 13.9 Å². The molecule has 0 aliphatic heterocycles. The minimum Gasteiger partial charge on any atom is -0.460 e. The zero-order chi connectivity index (χ0) is 30.2. The second-order valence-electron chi connectivity index (χ2n) is 11.9. The van der Waals surface area contributed by atoms with Gasteiger partial charge in [-0.2, -0.15) is 0 Å². The predicted molar refractivity (Wildman–Crippen MR) is 162 cm³/mol. The summed E-state index contributed by atoms with van der Waals surface area (Å²) in [5.74, 6) is -0.0206. The number of aryl methyl sites for hydroxylation is 1. The summed E-state index contributed by atoms with van der Waals surface area (Å²) in [6.07, 6.45) is 6.94. The number of ketones is 1. The zero-order valence-electron chi connectivity index (χ0n) is 24.5. The van der Waals surface area contributed by atoms with Gasteiger partial charge in [0.2, 0.25) is 0 Å². The van der Waals surface area contributed by atoms with Crippen molar-refractivity contribution in [1.29, 1.82) is 0 Å². The van der Waals surface area contributed by atoms with Crippen molar-refractivity contribution < 1.29 is 22.7 Å². The molecule has 42 heavy (non-hydrogen) atoms. The number of rotatable bonds is 9. The lowest BCUT2D eigenvalue weighted by Gasteiger charge is -2.37. The van der Waals surface area contributed by atoms with Crippen LogP contribution in [0.5, 0.6) is 0 Å². The van der Waals surface area contributed by atoms with E-state index in [2.05, 4.69) is 15.3 Å². The van der Waals surface area contributed by atoms with E-state index in [9.17, 15) is 18.0 Å². The first-order valence-corrected chi connectivity index (χ1v) is 15.6. The lowest BCUT2D eigenvalue weighted by Crippen LogP contribution is -2.37. The van der Waals surface area contributed by atoms with Crippen molar-refractivity contribution in [2.75, 3.05) is 5.32 Å². The van der Waals surface area contributed by atoms with Crippen LogP contribution in [0.25, 0.3) is 22.3 Å². The Morgan fingerprint density at radius 2 is 1.79 bits per heavy atom. The topological polar surface area (TPSA) is 120 Å². The number of hydrogen-bond donors (Lipinski definition) is 1. The summed E-state index contributed by atoms with van der Waals surface area (Å²) in [5, 5.41) is 4.21. The maximum atomic E-state index is 13.6. The summed E-state index contributed by atoms with van der Waals surface area (Å²) in [4.78, 5) is 34.1. The normalized spacial score (nSPS) is 17.1. The van der Waals surface area contributed by atoms with Gasteiger partial charge in [0.15, 0.2) is 11.4 Å². The van der Waals surface area contributed by atoms with Gasteiger partial charge in [-0.05, 0) is 76.8 Å². The van der Waals surface area contributed by atoms with E-state index < -0.39 is 15.6 Å². The Morgan fingerprint density at radius 1 is 1.07 bits per heavy atom. The summed E-state index contributed by atoms with van der Waals surface area (Å²) >= 11 is 0. The fourth-order valence-corrected chi connectivity index (χ4v) is 6.53. The lowest BCUT2D eigenvalue weighted by atomic mass is 9.78. The van der Waals surface area contributed by atoms with Crippen LogP contribution in [0.3, 0.4) is 0 Å². The molecule has 0 unspecified atom stereocenters. The van der Waals surface area contributed by atoms with Crippen molar-refractivity contribution >= 4 is 38.5 Å². The molecule has 0 spiro atoms. The number of esters is 1. The first kappa shape index (κ1) is 29.4. The summed E-state index contributed by atoms with van der Waals surface area (Å²) in [5.41, 5.74) is 3.18. The maximum absolute atomic E-state index is 13.6. The van der Waals surface area contributed by atoms with E-state index in [1.807, 2.05) is 34.6 Å². The molecule has 0 saturated heterocycles. The number of nitrogens with zero attached hydrogens (tertiary/aromatic N) is 3. The first-order chi connectivity index (χ1) is 19.9. The van der Waals surface area contributed by atoms with Crippen LogP contribution >= 0.6 is 0 Å². The average molecular weight is 589 g/mol. The third-order valence-corrected chi connectivity index (χ3v) is 9.08. The quantitative estimate of drug-likeness (QED) is 0.182. The lowest BCUT2D eigenvalue weighted by molar-refractivity contribution is -0.156. The predicted octanol–water partition coefficient (Wildman–Crippen LogP) is 6.16. The molecule has 1 fully saturated rings. The van der Waals surface area contributed by atoms with Crippen LogP contribution in [0, 0.1) is 12.8 Å². The molecule has 1 N–H and O–H groups in total. The Kier molecular flexibility index (Phi) is 7.94. The number of pyridine rings is 2. The number of ether oxygens (including phenoxy) is 1. The Morgan fingerprint density at radius 3 is 2.45 bits per heavy atom. The maximum Gasteiger partial charge on any atom is 0.306 e. The molecule has 4 aromatic rings. The highest BCUT2D eigenvalue weighted by atomic mass is 32.2. The molecule has 3 heterocycles. The first-order valence-electron chi connectivity index (χ1n) is 14.2. The zero-order valence-corrected chi connectivity index (χ0v) is 25.4. The van der Waals surface area contributed by atoms with Crippen molar-refractivity contribution in [3.05, 3.63) is 72.2 Å². The number of Topliss-reactive ketones (excluding diaryl/α,β-unsaturated/α-hetero) is 1. The van der Waals surface area contributed by atoms with Crippen LogP contribution in [0.2, 0.25) is 0 Å². The van der Waals surface area contributed by atoms with Crippen molar-refractivity contribution in [3.63, 3.8) is 0 Å². The minimum atomic E-state index is -3.90. The fraction of sp³-hybridized carbons (Fsp3) is 0.375. The second kappa shape index (κ2) is 11.3. The van der Waals surface area contributed by atoms with Gasteiger partial charge in [-0.25, -0.2) is 17.4 Å². The molecule has 1 aliphatic carbocycles. The van der Waals surface area contributed by atoms with Gasteiger partial charge in [0.05, 0.1) is 16.3 Å². The third-order valence-electron chi connectivity index (χ3n) is 7.40. The summed E-state index contributed by atoms with van der Waals surface area (Å²) < 4.78 is 33.8. The van der Waals surface area contributed by atoms with Gasteiger partial charge in [0.25, 0.3) is 10.0 Å². The van der Waals surface area contributed by atoms with Crippen LogP contribution in [-0.2, 0) is 19.6 Å². The number of carbonyl (C=O) groups is 2. The summed E-state index contributed by atoms with van der Waals surface area (Å²) in [7, 11) is -3.90. The highest BCUT2D eigenvalue weighted by molar-refractivity contribution is 7.90. The molecule has 9 nitrogen and oxygen atoms in total. The molecule has 1 saturated carbocycles. The number of carbonyl (C=O) groups excluding carboxylic acids is 2. The van der Waals surface area contributed by atoms with Crippen LogP contribution in [-0.4, -0.2) is 45.8 Å². The van der Waals surface area contributed by atoms with E-state index in [1.165, 1.54) is 10.2 Å². The van der Waals surface area contributed by atoms with Crippen LogP contribution in [0.15, 0.2) is 66.0 Å². The van der Waals surface area contributed by atoms with E-state index >= 15 is 0 Å². The van der Waals surface area contributed by atoms with Gasteiger partial charge in [-0.15, -0.1) is 0 Å². The van der Waals surface area contributed by atoms with E-state index in [0.717, 1.165) is 18.4 Å². The van der Waals surface area contributed by atoms with Gasteiger partial charge < -0.3 is 10.1 Å². The molecule has 0 atom stereocenters. The molecule has 3 aromatic heterocycles. The van der Waals surface area contributed by atoms with Crippen LogP contribution in [0.1, 0.15) is 69.3 Å². The number of aromatic nitrogens is 3. The van der Waals surface area contributed by atoms with Gasteiger partial charge in [0, 0.05) is 54.0 Å². The van der Waals surface area contributed by atoms with Gasteiger partial charge in [-0.1, -0.05) is 24.6 Å². The fourth-order valence-electron chi connectivity index (χ4n) is 5.23. The van der Waals surface area contributed by atoms with Crippen molar-refractivity contribution in [3.8, 4) is 11.3 Å². The molecule has 1 aliphatic rings. The Balaban J connectivity index is 1.51. The molecule has 5 rings (SSSR count). The Labute approximate surface area is 246 Å². The van der Waals surface area contributed by atoms with Crippen molar-refractivity contribution in [2.45, 2.75) is 76.8 Å². The third kappa shape index (κ3) is 6.09. The highest BCUT2D eigenvalue weighted by Crippen LogP contribution is 2.39. The van der Waals surface area contributed by atoms with Crippen LogP contribution in [0.4, 0.5) is 5.69 Å². The number of hydrogen-bond acceptors (Lipinski definition) is 8. The molecule has 0 bridgehead atoms. The number of nitrogens with one attached hydrogen (secondary N) is 1. The van der Waals surface area contributed by atoms with Crippen LogP contribution < -0.4 is 5.32 Å². The SMILES string of the molecule is CCC(=O)c1ccnc(-c2cnc3c(ccn3S(=O)(=O)c3ccc(C)cc3)c2NC2CC(CC(=O)OC(C)(C)C)C2)c1. The second-order valence-corrected chi connectivity index (χ2v) is 13.7. The molecule has 220 valence electrons. The number of benzene rings is 1. The Bertz CT molecular complexity index is 1750. The molecule has 0 amide bonds. The van der Waals surface area contributed by atoms with E-state index in [-0.39, 0.29) is 34.3 Å².